The number of carboxylic acids is 4. The molecular formula is C12H14O9. The van der Waals surface area contributed by atoms with E-state index in [0.29, 0.717) is 0 Å². The molecular weight excluding hydrogens is 288 g/mol. The minimum absolute atomic E-state index is 0.154. The molecule has 9 nitrogen and oxygen atoms in total. The molecule has 3 aliphatic rings. The van der Waals surface area contributed by atoms with Crippen molar-refractivity contribution >= 4 is 23.9 Å². The van der Waals surface area contributed by atoms with Crippen molar-refractivity contribution in [2.45, 2.75) is 12.5 Å². The molecule has 6 unspecified atom stereocenters. The second-order valence-electron chi connectivity index (χ2n) is 5.33. The quantitative estimate of drug-likeness (QED) is 0.521. The molecule has 6 atom stereocenters. The van der Waals surface area contributed by atoms with Crippen molar-refractivity contribution in [3.05, 3.63) is 0 Å². The Kier molecular flexibility index (Phi) is 3.86. The fraction of sp³-hybridized carbons (Fsp3) is 0.667. The monoisotopic (exact) mass is 302 g/mol. The Morgan fingerprint density at radius 3 is 1.71 bits per heavy atom. The van der Waals surface area contributed by atoms with Crippen LogP contribution in [0.4, 0.5) is 0 Å². The van der Waals surface area contributed by atoms with Crippen LogP contribution >= 0.6 is 0 Å². The van der Waals surface area contributed by atoms with Gasteiger partial charge in [0.15, 0.2) is 0 Å². The van der Waals surface area contributed by atoms with E-state index in [4.69, 9.17) is 4.74 Å². The van der Waals surface area contributed by atoms with E-state index in [9.17, 15) is 39.6 Å². The van der Waals surface area contributed by atoms with Crippen LogP contribution in [-0.2, 0) is 23.9 Å². The lowest BCUT2D eigenvalue weighted by atomic mass is 9.76. The van der Waals surface area contributed by atoms with Gasteiger partial charge in [-0.25, -0.2) is 0 Å². The first-order valence-corrected chi connectivity index (χ1v) is 6.28. The summed E-state index contributed by atoms with van der Waals surface area (Å²) in [5.74, 6) is -12.5. The average molecular weight is 302 g/mol. The fourth-order valence-electron chi connectivity index (χ4n) is 3.40. The van der Waals surface area contributed by atoms with Crippen LogP contribution in [0.25, 0.3) is 0 Å². The van der Waals surface area contributed by atoms with Crippen LogP contribution in [0, 0.1) is 29.6 Å². The van der Waals surface area contributed by atoms with Crippen LogP contribution in [0.15, 0.2) is 0 Å². The zero-order chi connectivity index (χ0) is 15.9. The molecule has 0 aromatic rings. The summed E-state index contributed by atoms with van der Waals surface area (Å²) in [4.78, 5) is 45.4. The standard InChI is InChI=1S/C12H14O9/c13-9(14)4-1-3-2-21-8(6(4)11(17)18)7(12(19)20)5(3)10(15)16/h3-8H,1-2H2,(H,13,14)(H,15,16)(H,17,18)(H,19,20). The molecule has 3 rings (SSSR count). The second-order valence-corrected chi connectivity index (χ2v) is 5.33. The van der Waals surface area contributed by atoms with Gasteiger partial charge < -0.3 is 25.2 Å². The Morgan fingerprint density at radius 1 is 0.762 bits per heavy atom. The molecule has 2 aliphatic heterocycles. The summed E-state index contributed by atoms with van der Waals surface area (Å²) in [5, 5.41) is 36.9. The molecule has 21 heavy (non-hydrogen) atoms. The van der Waals surface area contributed by atoms with Crippen molar-refractivity contribution in [1.29, 1.82) is 0 Å². The molecule has 2 saturated heterocycles. The van der Waals surface area contributed by atoms with Crippen molar-refractivity contribution in [2.24, 2.45) is 29.6 Å². The van der Waals surface area contributed by atoms with E-state index in [2.05, 4.69) is 0 Å². The van der Waals surface area contributed by atoms with Crippen LogP contribution in [0.2, 0.25) is 0 Å². The van der Waals surface area contributed by atoms with Gasteiger partial charge in [0.1, 0.15) is 0 Å². The molecule has 2 heterocycles. The number of aliphatic carboxylic acids is 4. The first-order valence-electron chi connectivity index (χ1n) is 6.28. The van der Waals surface area contributed by atoms with Crippen molar-refractivity contribution in [1.82, 2.24) is 0 Å². The zero-order valence-corrected chi connectivity index (χ0v) is 10.7. The van der Waals surface area contributed by atoms with E-state index in [1.807, 2.05) is 0 Å². The Bertz CT molecular complexity index is 483. The van der Waals surface area contributed by atoms with Crippen molar-refractivity contribution in [3.63, 3.8) is 0 Å². The molecule has 9 heteroatoms. The van der Waals surface area contributed by atoms with Crippen molar-refractivity contribution in [2.75, 3.05) is 6.61 Å². The van der Waals surface area contributed by atoms with Gasteiger partial charge >= 0.3 is 23.9 Å². The maximum Gasteiger partial charge on any atom is 0.310 e. The smallest absolute Gasteiger partial charge is 0.310 e. The minimum atomic E-state index is -1.59. The molecule has 116 valence electrons. The fourth-order valence-corrected chi connectivity index (χ4v) is 3.40. The summed E-state index contributed by atoms with van der Waals surface area (Å²) in [7, 11) is 0. The molecule has 0 amide bonds. The molecule has 2 bridgehead atoms. The number of carbonyl (C=O) groups is 4. The number of rotatable bonds is 4. The van der Waals surface area contributed by atoms with E-state index in [0.717, 1.165) is 0 Å². The lowest BCUT2D eigenvalue weighted by Gasteiger charge is -2.36. The SMILES string of the molecule is O=C(O)C1CC2COC(C1C(=O)O)C(C(=O)O)C2C(=O)O. The predicted molar refractivity (Wildman–Crippen MR) is 62.4 cm³/mol. The summed E-state index contributed by atoms with van der Waals surface area (Å²) in [5.41, 5.74) is 0. The molecule has 1 saturated carbocycles. The maximum absolute atomic E-state index is 11.4. The second kappa shape index (κ2) is 5.32. The summed E-state index contributed by atoms with van der Waals surface area (Å²) in [6.07, 6.45) is -1.70. The van der Waals surface area contributed by atoms with Gasteiger partial charge in [-0.05, 0) is 12.3 Å². The summed E-state index contributed by atoms with van der Waals surface area (Å²) < 4.78 is 5.22. The Labute approximate surface area is 118 Å². The van der Waals surface area contributed by atoms with E-state index in [-0.39, 0.29) is 13.0 Å². The summed E-state index contributed by atoms with van der Waals surface area (Å²) in [6.45, 7) is -0.154. The van der Waals surface area contributed by atoms with Gasteiger partial charge in [-0.3, -0.25) is 19.2 Å². The van der Waals surface area contributed by atoms with Crippen molar-refractivity contribution < 1.29 is 44.3 Å². The van der Waals surface area contributed by atoms with E-state index in [1.165, 1.54) is 0 Å². The largest absolute Gasteiger partial charge is 0.481 e. The van der Waals surface area contributed by atoms with E-state index >= 15 is 0 Å². The normalized spacial score (nSPS) is 38.5. The molecule has 3 fully saturated rings. The first-order chi connectivity index (χ1) is 9.75. The topological polar surface area (TPSA) is 158 Å². The van der Waals surface area contributed by atoms with Crippen LogP contribution in [-0.4, -0.2) is 57.0 Å². The Balaban J connectivity index is 2.53. The Hall–Kier alpha value is -2.16. The predicted octanol–water partition coefficient (Wildman–Crippen LogP) is -0.792. The highest BCUT2D eigenvalue weighted by atomic mass is 16.5. The maximum atomic E-state index is 11.4. The summed E-state index contributed by atoms with van der Waals surface area (Å²) >= 11 is 0. The van der Waals surface area contributed by atoms with Gasteiger partial charge in [-0.15, -0.1) is 0 Å². The molecule has 0 spiro atoms. The van der Waals surface area contributed by atoms with E-state index in [1.54, 1.807) is 0 Å². The minimum Gasteiger partial charge on any atom is -0.481 e. The average Bonchev–Trinajstić information content (AvgIpc) is 2.64. The Morgan fingerprint density at radius 2 is 1.29 bits per heavy atom. The lowest BCUT2D eigenvalue weighted by Crippen LogP contribution is -2.51. The number of ether oxygens (including phenoxy) is 1. The van der Waals surface area contributed by atoms with Crippen LogP contribution in [0.5, 0.6) is 0 Å². The number of carboxylic acid groups (broad SMARTS) is 4. The van der Waals surface area contributed by atoms with Gasteiger partial charge in [0.05, 0.1) is 36.4 Å². The number of hydrogen-bond donors (Lipinski definition) is 4. The summed E-state index contributed by atoms with van der Waals surface area (Å²) in [6, 6.07) is 0. The van der Waals surface area contributed by atoms with Gasteiger partial charge in [-0.2, -0.15) is 0 Å². The number of fused-ring (bicyclic) bond motifs is 4. The number of hydrogen-bond acceptors (Lipinski definition) is 5. The highest BCUT2D eigenvalue weighted by molar-refractivity contribution is 5.85. The molecule has 0 radical (unpaired) electrons. The molecule has 0 aromatic heterocycles. The van der Waals surface area contributed by atoms with Gasteiger partial charge in [0.2, 0.25) is 0 Å². The third-order valence-corrected chi connectivity index (χ3v) is 4.27. The first kappa shape index (κ1) is 15.2. The van der Waals surface area contributed by atoms with E-state index < -0.39 is 59.6 Å². The third-order valence-electron chi connectivity index (χ3n) is 4.27. The molecule has 1 aliphatic carbocycles. The van der Waals surface area contributed by atoms with Crippen LogP contribution in [0.1, 0.15) is 6.42 Å². The zero-order valence-electron chi connectivity index (χ0n) is 10.7. The van der Waals surface area contributed by atoms with Crippen LogP contribution < -0.4 is 0 Å². The highest BCUT2D eigenvalue weighted by Gasteiger charge is 2.59. The lowest BCUT2D eigenvalue weighted by molar-refractivity contribution is -0.181. The van der Waals surface area contributed by atoms with Gasteiger partial charge in [0, 0.05) is 0 Å². The highest BCUT2D eigenvalue weighted by Crippen LogP contribution is 2.45. The van der Waals surface area contributed by atoms with Gasteiger partial charge in [0.25, 0.3) is 0 Å². The third kappa shape index (κ3) is 2.44. The molecule has 4 N–H and O–H groups in total. The molecule has 0 aromatic carbocycles. The van der Waals surface area contributed by atoms with Crippen molar-refractivity contribution in [3.8, 4) is 0 Å². The van der Waals surface area contributed by atoms with Crippen LogP contribution in [0.3, 0.4) is 0 Å². The van der Waals surface area contributed by atoms with Gasteiger partial charge in [-0.1, -0.05) is 0 Å².